The van der Waals surface area contributed by atoms with Gasteiger partial charge < -0.3 is 14.8 Å². The number of amides is 1. The average Bonchev–Trinajstić information content (AvgIpc) is 3.15. The molecule has 0 radical (unpaired) electrons. The number of nitrogens with one attached hydrogen (secondary N) is 1. The first-order chi connectivity index (χ1) is 16.0. The van der Waals surface area contributed by atoms with Crippen molar-refractivity contribution in [2.75, 3.05) is 12.4 Å². The minimum atomic E-state index is -0.371. The molecule has 0 aliphatic carbocycles. The summed E-state index contributed by atoms with van der Waals surface area (Å²) in [6.07, 6.45) is 1.96. The summed E-state index contributed by atoms with van der Waals surface area (Å²) in [6, 6.07) is 11.1. The van der Waals surface area contributed by atoms with E-state index in [0.29, 0.717) is 33.6 Å². The average molecular weight is 485 g/mol. The summed E-state index contributed by atoms with van der Waals surface area (Å²) in [4.78, 5) is 13.3. The number of rotatable bonds is 8. The van der Waals surface area contributed by atoms with Gasteiger partial charge in [0.25, 0.3) is 5.91 Å². The van der Waals surface area contributed by atoms with Crippen LogP contribution in [-0.4, -0.2) is 34.1 Å². The molecule has 1 N–H and O–H groups in total. The topological polar surface area (TPSA) is 78.3 Å². The third-order valence-corrected chi connectivity index (χ3v) is 5.83. The fraction of sp³-hybridized carbons (Fsp3) is 0.423. The highest BCUT2D eigenvalue weighted by Gasteiger charge is 2.23. The Morgan fingerprint density at radius 2 is 1.88 bits per heavy atom. The Morgan fingerprint density at radius 3 is 2.53 bits per heavy atom. The van der Waals surface area contributed by atoms with Crippen molar-refractivity contribution in [3.8, 4) is 17.2 Å². The molecule has 1 aromatic heterocycles. The summed E-state index contributed by atoms with van der Waals surface area (Å²) >= 11 is 6.18. The van der Waals surface area contributed by atoms with Crippen molar-refractivity contribution in [3.05, 3.63) is 58.4 Å². The molecular formula is C26H33ClN4O3. The van der Waals surface area contributed by atoms with Crippen LogP contribution in [0.4, 0.5) is 5.69 Å². The van der Waals surface area contributed by atoms with E-state index in [4.69, 9.17) is 21.1 Å². The highest BCUT2D eigenvalue weighted by molar-refractivity contribution is 6.30. The predicted molar refractivity (Wildman–Crippen MR) is 136 cm³/mol. The number of ether oxygens (including phenoxy) is 2. The molecule has 0 bridgehead atoms. The van der Waals surface area contributed by atoms with Gasteiger partial charge in [0.1, 0.15) is 17.2 Å². The largest absolute Gasteiger partial charge is 0.494 e. The lowest BCUT2D eigenvalue weighted by Crippen LogP contribution is -2.19. The Hall–Kier alpha value is -3.06. The first-order valence-electron chi connectivity index (χ1n) is 11.4. The van der Waals surface area contributed by atoms with Gasteiger partial charge in [0.15, 0.2) is 5.69 Å². The number of anilines is 1. The molecule has 182 valence electrons. The van der Waals surface area contributed by atoms with Gasteiger partial charge in [0, 0.05) is 5.02 Å². The SMILES string of the molecule is CCC[C@H](C)Oc1ccc(C(C)(C)C)cc1NC(=O)c1nnn(-c2cc(Cl)ccc2OC)c1C. The van der Waals surface area contributed by atoms with Gasteiger partial charge in [-0.25, -0.2) is 4.68 Å². The lowest BCUT2D eigenvalue weighted by Gasteiger charge is -2.23. The van der Waals surface area contributed by atoms with Gasteiger partial charge in [-0.05, 0) is 61.6 Å². The number of benzene rings is 2. The van der Waals surface area contributed by atoms with E-state index in [0.717, 1.165) is 18.4 Å². The molecule has 8 heteroatoms. The first-order valence-corrected chi connectivity index (χ1v) is 11.8. The number of carbonyl (C=O) groups excluding carboxylic acids is 1. The van der Waals surface area contributed by atoms with Crippen LogP contribution in [0.2, 0.25) is 5.02 Å². The van der Waals surface area contributed by atoms with Crippen LogP contribution in [0, 0.1) is 6.92 Å². The van der Waals surface area contributed by atoms with Crippen LogP contribution in [0.15, 0.2) is 36.4 Å². The number of carbonyl (C=O) groups is 1. The third kappa shape index (κ3) is 5.70. The van der Waals surface area contributed by atoms with Crippen LogP contribution in [-0.2, 0) is 5.41 Å². The molecule has 1 amide bonds. The van der Waals surface area contributed by atoms with Gasteiger partial charge in [0.2, 0.25) is 0 Å². The smallest absolute Gasteiger partial charge is 0.278 e. The summed E-state index contributed by atoms with van der Waals surface area (Å²) in [5.41, 5.74) is 2.97. The maximum absolute atomic E-state index is 13.3. The molecule has 0 unspecified atom stereocenters. The molecular weight excluding hydrogens is 452 g/mol. The molecule has 0 saturated heterocycles. The Bertz CT molecular complexity index is 1170. The van der Waals surface area contributed by atoms with Crippen molar-refractivity contribution >= 4 is 23.2 Å². The highest BCUT2D eigenvalue weighted by atomic mass is 35.5. The predicted octanol–water partition coefficient (Wildman–Crippen LogP) is 6.35. The van der Waals surface area contributed by atoms with E-state index in [1.807, 2.05) is 25.1 Å². The molecule has 2 aromatic carbocycles. The fourth-order valence-electron chi connectivity index (χ4n) is 3.66. The summed E-state index contributed by atoms with van der Waals surface area (Å²) in [5.74, 6) is 0.829. The van der Waals surface area contributed by atoms with Gasteiger partial charge in [-0.1, -0.05) is 57.0 Å². The molecule has 0 aliphatic heterocycles. The standard InChI is InChI=1S/C26H33ClN4O3/c1-8-9-16(2)34-22-12-10-18(26(4,5)6)14-20(22)28-25(32)24-17(3)31(30-29-24)21-15-19(27)11-13-23(21)33-7/h10-16H,8-9H2,1-7H3,(H,28,32)/t16-/m0/s1. The number of hydrogen-bond donors (Lipinski definition) is 1. The lowest BCUT2D eigenvalue weighted by molar-refractivity contribution is 0.102. The van der Waals surface area contributed by atoms with Crippen molar-refractivity contribution in [2.45, 2.75) is 65.9 Å². The Labute approximate surface area is 206 Å². The van der Waals surface area contributed by atoms with Gasteiger partial charge in [-0.2, -0.15) is 0 Å². The number of halogens is 1. The molecule has 1 atom stereocenters. The zero-order valence-electron chi connectivity index (χ0n) is 20.9. The Kier molecular flexibility index (Phi) is 7.87. The quantitative estimate of drug-likeness (QED) is 0.402. The van der Waals surface area contributed by atoms with Crippen LogP contribution in [0.5, 0.6) is 11.5 Å². The zero-order chi connectivity index (χ0) is 25.0. The normalized spacial score (nSPS) is 12.4. The molecule has 1 heterocycles. The molecule has 3 rings (SSSR count). The van der Waals surface area contributed by atoms with Gasteiger partial charge in [-0.3, -0.25) is 4.79 Å². The zero-order valence-corrected chi connectivity index (χ0v) is 21.7. The number of hydrogen-bond acceptors (Lipinski definition) is 5. The second-order valence-electron chi connectivity index (χ2n) is 9.38. The molecule has 0 aliphatic rings. The van der Waals surface area contributed by atoms with Crippen LogP contribution < -0.4 is 14.8 Å². The third-order valence-electron chi connectivity index (χ3n) is 5.60. The lowest BCUT2D eigenvalue weighted by atomic mass is 9.87. The Morgan fingerprint density at radius 1 is 1.18 bits per heavy atom. The van der Waals surface area contributed by atoms with E-state index < -0.39 is 0 Å². The minimum Gasteiger partial charge on any atom is -0.494 e. The van der Waals surface area contributed by atoms with E-state index in [2.05, 4.69) is 43.3 Å². The van der Waals surface area contributed by atoms with E-state index >= 15 is 0 Å². The summed E-state index contributed by atoms with van der Waals surface area (Å²) in [5, 5.41) is 11.9. The molecule has 0 spiro atoms. The highest BCUT2D eigenvalue weighted by Crippen LogP contribution is 2.33. The van der Waals surface area contributed by atoms with Crippen LogP contribution in [0.1, 0.15) is 69.2 Å². The minimum absolute atomic E-state index is 0.0269. The Balaban J connectivity index is 1.96. The van der Waals surface area contributed by atoms with Crippen LogP contribution in [0.3, 0.4) is 0 Å². The van der Waals surface area contributed by atoms with E-state index in [-0.39, 0.29) is 23.1 Å². The molecule has 3 aromatic rings. The van der Waals surface area contributed by atoms with E-state index in [9.17, 15) is 4.79 Å². The fourth-order valence-corrected chi connectivity index (χ4v) is 3.82. The summed E-state index contributed by atoms with van der Waals surface area (Å²) < 4.78 is 13.1. The number of aromatic nitrogens is 3. The van der Waals surface area contributed by atoms with Gasteiger partial charge >= 0.3 is 0 Å². The summed E-state index contributed by atoms with van der Waals surface area (Å²) in [6.45, 7) is 12.3. The molecule has 7 nitrogen and oxygen atoms in total. The molecule has 0 fully saturated rings. The summed E-state index contributed by atoms with van der Waals surface area (Å²) in [7, 11) is 1.57. The van der Waals surface area contributed by atoms with Crippen LogP contribution >= 0.6 is 11.6 Å². The van der Waals surface area contributed by atoms with Crippen LogP contribution in [0.25, 0.3) is 5.69 Å². The molecule has 0 saturated carbocycles. The maximum atomic E-state index is 13.3. The van der Waals surface area contributed by atoms with E-state index in [1.165, 1.54) is 0 Å². The number of methoxy groups -OCH3 is 1. The monoisotopic (exact) mass is 484 g/mol. The van der Waals surface area contributed by atoms with Crippen molar-refractivity contribution in [1.29, 1.82) is 0 Å². The first kappa shape index (κ1) is 25.6. The van der Waals surface area contributed by atoms with E-state index in [1.54, 1.807) is 36.9 Å². The van der Waals surface area contributed by atoms with Crippen molar-refractivity contribution in [2.24, 2.45) is 0 Å². The number of nitrogens with zero attached hydrogens (tertiary/aromatic N) is 3. The maximum Gasteiger partial charge on any atom is 0.278 e. The van der Waals surface area contributed by atoms with Gasteiger partial charge in [-0.15, -0.1) is 5.10 Å². The van der Waals surface area contributed by atoms with Crippen molar-refractivity contribution in [3.63, 3.8) is 0 Å². The second kappa shape index (κ2) is 10.5. The van der Waals surface area contributed by atoms with Crippen molar-refractivity contribution < 1.29 is 14.3 Å². The molecule has 34 heavy (non-hydrogen) atoms. The van der Waals surface area contributed by atoms with Crippen molar-refractivity contribution in [1.82, 2.24) is 15.0 Å². The second-order valence-corrected chi connectivity index (χ2v) is 9.82. The van der Waals surface area contributed by atoms with Gasteiger partial charge in [0.05, 0.1) is 24.6 Å².